The van der Waals surface area contributed by atoms with E-state index in [2.05, 4.69) is 31.1 Å². The van der Waals surface area contributed by atoms with Crippen LogP contribution in [0.25, 0.3) is 0 Å². The third-order valence-corrected chi connectivity index (χ3v) is 4.79. The zero-order valence-corrected chi connectivity index (χ0v) is 13.5. The summed E-state index contributed by atoms with van der Waals surface area (Å²) in [6, 6.07) is 0. The van der Waals surface area contributed by atoms with E-state index in [4.69, 9.17) is 0 Å². The number of nitrogens with zero attached hydrogens (tertiary/aromatic N) is 1. The SMILES string of the molecule is CSCC(C)(O)CNCc1cnc(C(C)(C)C)s1. The van der Waals surface area contributed by atoms with Crippen LogP contribution in [0.5, 0.6) is 0 Å². The summed E-state index contributed by atoms with van der Waals surface area (Å²) in [6.07, 6.45) is 3.94. The molecule has 5 heteroatoms. The summed E-state index contributed by atoms with van der Waals surface area (Å²) in [6.45, 7) is 9.77. The first kappa shape index (κ1) is 16.0. The Labute approximate surface area is 118 Å². The highest BCUT2D eigenvalue weighted by atomic mass is 32.2. The molecule has 0 aliphatic rings. The number of aliphatic hydroxyl groups is 1. The van der Waals surface area contributed by atoms with Crippen LogP contribution in [0.15, 0.2) is 6.20 Å². The average molecular weight is 288 g/mol. The third-order valence-electron chi connectivity index (χ3n) is 2.46. The van der Waals surface area contributed by atoms with Crippen LogP contribution in [0.2, 0.25) is 0 Å². The van der Waals surface area contributed by atoms with Crippen molar-refractivity contribution in [3.63, 3.8) is 0 Å². The Morgan fingerprint density at radius 2 is 2.06 bits per heavy atom. The first-order valence-corrected chi connectivity index (χ1v) is 8.33. The van der Waals surface area contributed by atoms with Crippen LogP contribution in [0.1, 0.15) is 37.6 Å². The number of nitrogens with one attached hydrogen (secondary N) is 1. The molecule has 0 aliphatic carbocycles. The van der Waals surface area contributed by atoms with Crippen LogP contribution in [0, 0.1) is 0 Å². The van der Waals surface area contributed by atoms with Gasteiger partial charge >= 0.3 is 0 Å². The van der Waals surface area contributed by atoms with Crippen LogP contribution in [-0.4, -0.2) is 34.2 Å². The lowest BCUT2D eigenvalue weighted by molar-refractivity contribution is 0.0846. The molecule has 0 saturated heterocycles. The molecule has 0 spiro atoms. The van der Waals surface area contributed by atoms with Gasteiger partial charge in [-0.2, -0.15) is 11.8 Å². The topological polar surface area (TPSA) is 45.1 Å². The molecule has 2 N–H and O–H groups in total. The van der Waals surface area contributed by atoms with Crippen molar-refractivity contribution in [2.75, 3.05) is 18.6 Å². The van der Waals surface area contributed by atoms with Gasteiger partial charge in [0.1, 0.15) is 0 Å². The average Bonchev–Trinajstić information content (AvgIpc) is 2.65. The Morgan fingerprint density at radius 1 is 1.39 bits per heavy atom. The van der Waals surface area contributed by atoms with Crippen molar-refractivity contribution >= 4 is 23.1 Å². The lowest BCUT2D eigenvalue weighted by atomic mass is 9.98. The Kier molecular flexibility index (Phi) is 5.65. The van der Waals surface area contributed by atoms with Gasteiger partial charge < -0.3 is 10.4 Å². The second-order valence-corrected chi connectivity index (χ2v) is 7.90. The number of hydrogen-bond acceptors (Lipinski definition) is 5. The van der Waals surface area contributed by atoms with Gasteiger partial charge in [0.25, 0.3) is 0 Å². The summed E-state index contributed by atoms with van der Waals surface area (Å²) < 4.78 is 0. The molecule has 104 valence electrons. The van der Waals surface area contributed by atoms with E-state index in [-0.39, 0.29) is 5.41 Å². The predicted molar refractivity (Wildman–Crippen MR) is 81.5 cm³/mol. The van der Waals surface area contributed by atoms with E-state index in [0.29, 0.717) is 6.54 Å². The molecule has 0 aromatic carbocycles. The van der Waals surface area contributed by atoms with Crippen molar-refractivity contribution in [2.45, 2.75) is 45.3 Å². The standard InChI is InChI=1S/C13H24N2OS2/c1-12(2,3)11-15-7-10(18-11)6-14-8-13(4,16)9-17-5/h7,14,16H,6,8-9H2,1-5H3. The minimum Gasteiger partial charge on any atom is -0.388 e. The molecule has 0 fully saturated rings. The van der Waals surface area contributed by atoms with Crippen LogP contribution in [0.4, 0.5) is 0 Å². The van der Waals surface area contributed by atoms with E-state index >= 15 is 0 Å². The monoisotopic (exact) mass is 288 g/mol. The maximum atomic E-state index is 10.0. The summed E-state index contributed by atoms with van der Waals surface area (Å²) in [5.41, 5.74) is -0.524. The number of rotatable bonds is 6. The summed E-state index contributed by atoms with van der Waals surface area (Å²) in [7, 11) is 0. The molecule has 0 aliphatic heterocycles. The molecule has 1 aromatic rings. The van der Waals surface area contributed by atoms with E-state index in [1.165, 1.54) is 4.88 Å². The van der Waals surface area contributed by atoms with Crippen LogP contribution >= 0.6 is 23.1 Å². The molecule has 1 rings (SSSR count). The van der Waals surface area contributed by atoms with Crippen molar-refractivity contribution in [3.05, 3.63) is 16.1 Å². The minimum atomic E-state index is -0.642. The fraction of sp³-hybridized carbons (Fsp3) is 0.769. The van der Waals surface area contributed by atoms with E-state index in [0.717, 1.165) is 17.3 Å². The molecule has 0 radical (unpaired) electrons. The van der Waals surface area contributed by atoms with Gasteiger partial charge in [0.2, 0.25) is 0 Å². The van der Waals surface area contributed by atoms with Gasteiger partial charge in [-0.05, 0) is 13.2 Å². The summed E-state index contributed by atoms with van der Waals surface area (Å²) in [4.78, 5) is 5.67. The van der Waals surface area contributed by atoms with Crippen molar-refractivity contribution < 1.29 is 5.11 Å². The second-order valence-electron chi connectivity index (χ2n) is 5.92. The lowest BCUT2D eigenvalue weighted by Crippen LogP contribution is -2.39. The lowest BCUT2D eigenvalue weighted by Gasteiger charge is -2.22. The Morgan fingerprint density at radius 3 is 2.56 bits per heavy atom. The Balaban J connectivity index is 2.43. The molecule has 0 bridgehead atoms. The molecular formula is C13H24N2OS2. The summed E-state index contributed by atoms with van der Waals surface area (Å²) in [5, 5.41) is 14.5. The van der Waals surface area contributed by atoms with E-state index in [9.17, 15) is 5.11 Å². The minimum absolute atomic E-state index is 0.118. The highest BCUT2D eigenvalue weighted by Crippen LogP contribution is 2.26. The van der Waals surface area contributed by atoms with E-state index in [1.54, 1.807) is 23.1 Å². The van der Waals surface area contributed by atoms with Crippen molar-refractivity contribution in [2.24, 2.45) is 0 Å². The fourth-order valence-electron chi connectivity index (χ4n) is 1.55. The first-order chi connectivity index (χ1) is 8.24. The molecule has 1 heterocycles. The fourth-order valence-corrected chi connectivity index (χ4v) is 3.22. The molecular weight excluding hydrogens is 264 g/mol. The molecule has 0 amide bonds. The maximum Gasteiger partial charge on any atom is 0.0981 e. The number of hydrogen-bond donors (Lipinski definition) is 2. The largest absolute Gasteiger partial charge is 0.388 e. The maximum absolute atomic E-state index is 10.0. The highest BCUT2D eigenvalue weighted by Gasteiger charge is 2.20. The molecule has 1 atom stereocenters. The molecule has 18 heavy (non-hydrogen) atoms. The smallest absolute Gasteiger partial charge is 0.0981 e. The van der Waals surface area contributed by atoms with Crippen molar-refractivity contribution in [3.8, 4) is 0 Å². The van der Waals surface area contributed by atoms with Crippen molar-refractivity contribution in [1.29, 1.82) is 0 Å². The zero-order valence-electron chi connectivity index (χ0n) is 11.9. The van der Waals surface area contributed by atoms with Gasteiger partial charge in [0, 0.05) is 35.3 Å². The number of thioether (sulfide) groups is 1. The highest BCUT2D eigenvalue weighted by molar-refractivity contribution is 7.98. The van der Waals surface area contributed by atoms with Crippen LogP contribution in [0.3, 0.4) is 0 Å². The molecule has 1 aromatic heterocycles. The van der Waals surface area contributed by atoms with Crippen LogP contribution < -0.4 is 5.32 Å². The normalized spacial score (nSPS) is 15.7. The van der Waals surface area contributed by atoms with Crippen molar-refractivity contribution in [1.82, 2.24) is 10.3 Å². The number of thiazole rings is 1. The first-order valence-electron chi connectivity index (χ1n) is 6.12. The van der Waals surface area contributed by atoms with Gasteiger partial charge in [0.15, 0.2) is 0 Å². The van der Waals surface area contributed by atoms with Gasteiger partial charge in [-0.15, -0.1) is 11.3 Å². The van der Waals surface area contributed by atoms with E-state index < -0.39 is 5.60 Å². The summed E-state index contributed by atoms with van der Waals surface area (Å²) >= 11 is 3.41. The predicted octanol–water partition coefficient (Wildman–Crippen LogP) is 2.64. The second kappa shape index (κ2) is 6.37. The van der Waals surface area contributed by atoms with Gasteiger partial charge in [0.05, 0.1) is 10.6 Å². The Hall–Kier alpha value is -0.100. The number of aromatic nitrogens is 1. The van der Waals surface area contributed by atoms with Gasteiger partial charge in [-0.3, -0.25) is 0 Å². The molecule has 3 nitrogen and oxygen atoms in total. The van der Waals surface area contributed by atoms with E-state index in [1.807, 2.05) is 19.4 Å². The summed E-state index contributed by atoms with van der Waals surface area (Å²) in [5.74, 6) is 0.746. The quantitative estimate of drug-likeness (QED) is 0.845. The van der Waals surface area contributed by atoms with Crippen LogP contribution in [-0.2, 0) is 12.0 Å². The van der Waals surface area contributed by atoms with Gasteiger partial charge in [-0.25, -0.2) is 4.98 Å². The zero-order chi connectivity index (χ0) is 13.8. The Bertz CT molecular complexity index is 369. The molecule has 0 saturated carbocycles. The van der Waals surface area contributed by atoms with Gasteiger partial charge in [-0.1, -0.05) is 20.8 Å². The third kappa shape index (κ3) is 5.26. The molecule has 1 unspecified atom stereocenters.